The Morgan fingerprint density at radius 3 is 1.63 bits per heavy atom. The van der Waals surface area contributed by atoms with Crippen LogP contribution < -0.4 is 0 Å². The highest BCUT2D eigenvalue weighted by Gasteiger charge is 2.32. The highest BCUT2D eigenvalue weighted by molar-refractivity contribution is 7.16. The van der Waals surface area contributed by atoms with Gasteiger partial charge in [0.1, 0.15) is 0 Å². The molecule has 0 N–H and O–H groups in total. The van der Waals surface area contributed by atoms with Crippen molar-refractivity contribution in [2.75, 3.05) is 6.16 Å². The molecular weight excluding hydrogens is 247 g/mol. The minimum absolute atomic E-state index is 0.801. The van der Waals surface area contributed by atoms with E-state index in [4.69, 9.17) is 0 Å². The summed E-state index contributed by atoms with van der Waals surface area (Å²) in [6, 6.07) is 0. The molecule has 116 valence electrons. The van der Waals surface area contributed by atoms with Crippen molar-refractivity contribution in [1.82, 2.24) is 0 Å². The SMILES string of the molecule is CCC(C(C)C(C)C(C)C)C(CC(C)C)C(C)CP. The molecule has 0 fully saturated rings. The smallest absolute Gasteiger partial charge is 0.0352 e. The second kappa shape index (κ2) is 9.38. The van der Waals surface area contributed by atoms with Gasteiger partial charge in [-0.15, -0.1) is 9.24 Å². The first-order chi connectivity index (χ1) is 8.76. The zero-order chi connectivity index (χ0) is 15.2. The van der Waals surface area contributed by atoms with Crippen molar-refractivity contribution in [3.05, 3.63) is 0 Å². The summed E-state index contributed by atoms with van der Waals surface area (Å²) in [6.07, 6.45) is 3.98. The molecule has 6 unspecified atom stereocenters. The van der Waals surface area contributed by atoms with Gasteiger partial charge < -0.3 is 0 Å². The van der Waals surface area contributed by atoms with Crippen LogP contribution in [0.2, 0.25) is 0 Å². The highest BCUT2D eigenvalue weighted by atomic mass is 31.0. The van der Waals surface area contributed by atoms with Crippen molar-refractivity contribution >= 4 is 9.24 Å². The van der Waals surface area contributed by atoms with E-state index in [0.29, 0.717) is 0 Å². The molecule has 0 rings (SSSR count). The Labute approximate surface area is 125 Å². The molecule has 0 bridgehead atoms. The molecule has 0 aromatic carbocycles. The topological polar surface area (TPSA) is 0 Å². The molecule has 19 heavy (non-hydrogen) atoms. The minimum Gasteiger partial charge on any atom is -0.137 e. The third-order valence-electron chi connectivity index (χ3n) is 5.42. The molecule has 6 atom stereocenters. The first kappa shape index (κ1) is 19.4. The van der Waals surface area contributed by atoms with E-state index in [1.54, 1.807) is 0 Å². The first-order valence-electron chi connectivity index (χ1n) is 8.46. The number of rotatable bonds is 9. The lowest BCUT2D eigenvalue weighted by molar-refractivity contribution is 0.106. The van der Waals surface area contributed by atoms with Crippen LogP contribution in [0, 0.1) is 41.4 Å². The lowest BCUT2D eigenvalue weighted by Crippen LogP contribution is -2.33. The van der Waals surface area contributed by atoms with Crippen molar-refractivity contribution in [1.29, 1.82) is 0 Å². The standard InChI is InChI=1S/C18H39P/c1-9-17(16(8)15(7)13(4)5)18(10-12(2)3)14(6)11-19/h12-18H,9-11,19H2,1-8H3. The van der Waals surface area contributed by atoms with Crippen LogP contribution in [0.15, 0.2) is 0 Å². The molecule has 0 aliphatic carbocycles. The van der Waals surface area contributed by atoms with Crippen LogP contribution in [0.4, 0.5) is 0 Å². The molecule has 0 heterocycles. The summed E-state index contributed by atoms with van der Waals surface area (Å²) in [5.74, 6) is 5.90. The van der Waals surface area contributed by atoms with Gasteiger partial charge in [0.2, 0.25) is 0 Å². The molecule has 0 aliphatic rings. The van der Waals surface area contributed by atoms with Crippen molar-refractivity contribution in [2.45, 2.75) is 68.2 Å². The van der Waals surface area contributed by atoms with E-state index in [-0.39, 0.29) is 0 Å². The van der Waals surface area contributed by atoms with Gasteiger partial charge in [-0.3, -0.25) is 0 Å². The molecule has 0 saturated carbocycles. The minimum atomic E-state index is 0.801. The summed E-state index contributed by atoms with van der Waals surface area (Å²) in [6.45, 7) is 19.3. The second-order valence-corrected chi connectivity index (χ2v) is 8.01. The average molecular weight is 286 g/mol. The van der Waals surface area contributed by atoms with Gasteiger partial charge in [-0.05, 0) is 54.0 Å². The molecule has 0 spiro atoms. The number of hydrogen-bond donors (Lipinski definition) is 0. The fraction of sp³-hybridized carbons (Fsp3) is 1.00. The van der Waals surface area contributed by atoms with Crippen LogP contribution >= 0.6 is 9.24 Å². The van der Waals surface area contributed by atoms with E-state index in [1.807, 2.05) is 0 Å². The van der Waals surface area contributed by atoms with Crippen LogP contribution in [0.3, 0.4) is 0 Å². The molecule has 0 aromatic heterocycles. The Morgan fingerprint density at radius 1 is 0.789 bits per heavy atom. The molecule has 0 amide bonds. The summed E-state index contributed by atoms with van der Waals surface area (Å²) in [4.78, 5) is 0. The van der Waals surface area contributed by atoms with E-state index in [9.17, 15) is 0 Å². The van der Waals surface area contributed by atoms with Crippen molar-refractivity contribution in [3.63, 3.8) is 0 Å². The van der Waals surface area contributed by atoms with Crippen molar-refractivity contribution in [2.24, 2.45) is 41.4 Å². The normalized spacial score (nSPS) is 20.4. The average Bonchev–Trinajstić information content (AvgIpc) is 2.35. The predicted molar refractivity (Wildman–Crippen MR) is 93.6 cm³/mol. The fourth-order valence-electron chi connectivity index (χ4n) is 3.61. The second-order valence-electron chi connectivity index (χ2n) is 7.54. The lowest BCUT2D eigenvalue weighted by atomic mass is 9.67. The molecule has 0 radical (unpaired) electrons. The molecule has 0 aromatic rings. The van der Waals surface area contributed by atoms with Gasteiger partial charge in [0.05, 0.1) is 0 Å². The summed E-state index contributed by atoms with van der Waals surface area (Å²) in [5.41, 5.74) is 0. The Kier molecular flexibility index (Phi) is 9.59. The quantitative estimate of drug-likeness (QED) is 0.448. The molecular formula is C18H39P. The van der Waals surface area contributed by atoms with Crippen LogP contribution in [-0.4, -0.2) is 6.16 Å². The Bertz CT molecular complexity index is 222. The van der Waals surface area contributed by atoms with Crippen molar-refractivity contribution in [3.8, 4) is 0 Å². The Balaban J connectivity index is 5.00. The van der Waals surface area contributed by atoms with Gasteiger partial charge in [0, 0.05) is 0 Å². The fourth-order valence-corrected chi connectivity index (χ4v) is 3.96. The largest absolute Gasteiger partial charge is 0.137 e. The van der Waals surface area contributed by atoms with Gasteiger partial charge in [-0.25, -0.2) is 0 Å². The zero-order valence-corrected chi connectivity index (χ0v) is 15.9. The maximum atomic E-state index is 2.96. The molecule has 0 nitrogen and oxygen atoms in total. The Morgan fingerprint density at radius 2 is 1.32 bits per heavy atom. The van der Waals surface area contributed by atoms with E-state index in [2.05, 4.69) is 64.6 Å². The van der Waals surface area contributed by atoms with Crippen LogP contribution in [-0.2, 0) is 0 Å². The molecule has 0 aliphatic heterocycles. The van der Waals surface area contributed by atoms with Gasteiger partial charge in [0.25, 0.3) is 0 Å². The van der Waals surface area contributed by atoms with E-state index in [0.717, 1.165) is 41.4 Å². The van der Waals surface area contributed by atoms with Crippen LogP contribution in [0.25, 0.3) is 0 Å². The van der Waals surface area contributed by atoms with Gasteiger partial charge in [0.15, 0.2) is 0 Å². The molecule has 1 heteroatoms. The van der Waals surface area contributed by atoms with Gasteiger partial charge >= 0.3 is 0 Å². The van der Waals surface area contributed by atoms with Crippen LogP contribution in [0.5, 0.6) is 0 Å². The predicted octanol–water partition coefficient (Wildman–Crippen LogP) is 6.11. The third-order valence-corrected chi connectivity index (χ3v) is 6.17. The zero-order valence-electron chi connectivity index (χ0n) is 14.7. The maximum absolute atomic E-state index is 2.96. The van der Waals surface area contributed by atoms with Gasteiger partial charge in [-0.2, -0.15) is 0 Å². The van der Waals surface area contributed by atoms with Gasteiger partial charge in [-0.1, -0.05) is 61.8 Å². The monoisotopic (exact) mass is 286 g/mol. The van der Waals surface area contributed by atoms with Crippen molar-refractivity contribution < 1.29 is 0 Å². The molecule has 0 saturated heterocycles. The van der Waals surface area contributed by atoms with E-state index in [1.165, 1.54) is 19.0 Å². The lowest BCUT2D eigenvalue weighted by Gasteiger charge is -2.39. The Hall–Kier alpha value is 0.430. The highest BCUT2D eigenvalue weighted by Crippen LogP contribution is 2.40. The summed E-state index contributed by atoms with van der Waals surface area (Å²) in [7, 11) is 2.96. The maximum Gasteiger partial charge on any atom is -0.0352 e. The summed E-state index contributed by atoms with van der Waals surface area (Å²) in [5, 5.41) is 0. The van der Waals surface area contributed by atoms with Crippen LogP contribution in [0.1, 0.15) is 68.2 Å². The van der Waals surface area contributed by atoms with E-state index < -0.39 is 0 Å². The summed E-state index contributed by atoms with van der Waals surface area (Å²) >= 11 is 0. The summed E-state index contributed by atoms with van der Waals surface area (Å²) < 4.78 is 0. The number of hydrogen-bond acceptors (Lipinski definition) is 0. The third kappa shape index (κ3) is 6.16. The first-order valence-corrected chi connectivity index (χ1v) is 9.27. The van der Waals surface area contributed by atoms with E-state index >= 15 is 0 Å².